The summed E-state index contributed by atoms with van der Waals surface area (Å²) in [6, 6.07) is 9.05. The molecule has 1 fully saturated rings. The van der Waals surface area contributed by atoms with Crippen molar-refractivity contribution in [3.8, 4) is 0 Å². The van der Waals surface area contributed by atoms with Crippen molar-refractivity contribution >= 4 is 27.0 Å². The van der Waals surface area contributed by atoms with Gasteiger partial charge in [0, 0.05) is 78.6 Å². The lowest BCUT2D eigenvalue weighted by molar-refractivity contribution is -0.133. The number of hydrogen-bond donors (Lipinski definition) is 0. The molecule has 34 heavy (non-hydrogen) atoms. The first kappa shape index (κ1) is 24.3. The molecule has 3 aromatic rings. The Hall–Kier alpha value is -2.82. The summed E-state index contributed by atoms with van der Waals surface area (Å²) in [6.45, 7) is 6.70. The van der Waals surface area contributed by atoms with E-state index in [0.29, 0.717) is 24.9 Å². The molecule has 182 valence electrons. The normalized spacial score (nSPS) is 15.4. The highest BCUT2D eigenvalue weighted by Crippen LogP contribution is 2.23. The number of aromatic nitrogens is 3. The van der Waals surface area contributed by atoms with Crippen LogP contribution in [0.2, 0.25) is 0 Å². The highest BCUT2D eigenvalue weighted by atomic mass is 32.2. The number of aryl methyl sites for hydroxylation is 2. The molecule has 2 aromatic heterocycles. The minimum absolute atomic E-state index is 0.131. The molecule has 10 heteroatoms. The number of pyridine rings is 1. The zero-order chi connectivity index (χ0) is 24.3. The van der Waals surface area contributed by atoms with Gasteiger partial charge in [-0.2, -0.15) is 0 Å². The highest BCUT2D eigenvalue weighted by Gasteiger charge is 2.23. The minimum atomic E-state index is -3.53. The number of rotatable bonds is 8. The zero-order valence-electron chi connectivity index (χ0n) is 20.0. The number of hydrogen-bond acceptors (Lipinski definition) is 6. The van der Waals surface area contributed by atoms with Gasteiger partial charge in [0.15, 0.2) is 0 Å². The van der Waals surface area contributed by atoms with Crippen LogP contribution < -0.4 is 0 Å². The largest absolute Gasteiger partial charge is 0.340 e. The topological polar surface area (TPSA) is 91.6 Å². The summed E-state index contributed by atoms with van der Waals surface area (Å²) in [5, 5.41) is 0. The molecule has 1 aliphatic rings. The Morgan fingerprint density at radius 2 is 1.88 bits per heavy atom. The van der Waals surface area contributed by atoms with Gasteiger partial charge in [-0.15, -0.1) is 0 Å². The Kier molecular flexibility index (Phi) is 7.30. The van der Waals surface area contributed by atoms with Crippen LogP contribution in [0, 0.1) is 0 Å². The molecule has 0 radical (unpaired) electrons. The summed E-state index contributed by atoms with van der Waals surface area (Å²) < 4.78 is 28.2. The average Bonchev–Trinajstić information content (AvgIpc) is 3.20. The quantitative estimate of drug-likeness (QED) is 0.486. The van der Waals surface area contributed by atoms with Gasteiger partial charge in [-0.25, -0.2) is 17.7 Å². The first-order chi connectivity index (χ1) is 16.3. The van der Waals surface area contributed by atoms with Crippen LogP contribution >= 0.6 is 0 Å². The summed E-state index contributed by atoms with van der Waals surface area (Å²) in [4.78, 5) is 26.2. The Bertz CT molecular complexity index is 1250. The molecule has 0 aliphatic carbocycles. The van der Waals surface area contributed by atoms with E-state index in [1.54, 1.807) is 24.4 Å². The van der Waals surface area contributed by atoms with Gasteiger partial charge in [0.25, 0.3) is 0 Å². The Labute approximate surface area is 201 Å². The fraction of sp³-hybridized carbons (Fsp3) is 0.458. The van der Waals surface area contributed by atoms with Gasteiger partial charge in [0.1, 0.15) is 5.82 Å². The lowest BCUT2D eigenvalue weighted by atomic mass is 10.2. The fourth-order valence-corrected chi connectivity index (χ4v) is 5.28. The summed E-state index contributed by atoms with van der Waals surface area (Å²) in [7, 11) is -0.500. The molecule has 1 saturated heterocycles. The van der Waals surface area contributed by atoms with Crippen LogP contribution in [0.4, 0.5) is 0 Å². The maximum absolute atomic E-state index is 12.9. The van der Waals surface area contributed by atoms with Crippen LogP contribution in [0.25, 0.3) is 11.0 Å². The molecule has 0 unspecified atom stereocenters. The van der Waals surface area contributed by atoms with Crippen molar-refractivity contribution in [1.29, 1.82) is 0 Å². The van der Waals surface area contributed by atoms with Crippen molar-refractivity contribution in [1.82, 2.24) is 28.6 Å². The minimum Gasteiger partial charge on any atom is -0.340 e. The van der Waals surface area contributed by atoms with E-state index in [-0.39, 0.29) is 10.8 Å². The molecule has 0 saturated carbocycles. The molecule has 3 heterocycles. The zero-order valence-corrected chi connectivity index (χ0v) is 20.8. The van der Waals surface area contributed by atoms with E-state index < -0.39 is 10.0 Å². The number of imidazole rings is 1. The van der Waals surface area contributed by atoms with Gasteiger partial charge < -0.3 is 9.47 Å². The molecule has 1 aromatic carbocycles. The van der Waals surface area contributed by atoms with Crippen LogP contribution in [0.5, 0.6) is 0 Å². The maximum atomic E-state index is 12.9. The van der Waals surface area contributed by atoms with E-state index in [2.05, 4.69) is 25.5 Å². The highest BCUT2D eigenvalue weighted by molar-refractivity contribution is 7.89. The van der Waals surface area contributed by atoms with Crippen LogP contribution in [0.1, 0.15) is 24.7 Å². The Morgan fingerprint density at radius 3 is 2.53 bits per heavy atom. The van der Waals surface area contributed by atoms with Gasteiger partial charge in [0.05, 0.1) is 15.9 Å². The van der Waals surface area contributed by atoms with Gasteiger partial charge in [-0.05, 0) is 36.8 Å². The lowest BCUT2D eigenvalue weighted by Crippen LogP contribution is -2.48. The third-order valence-electron chi connectivity index (χ3n) is 6.31. The number of benzene rings is 1. The number of carbonyl (C=O) groups excluding carboxylic acids is 1. The number of amides is 1. The monoisotopic (exact) mass is 484 g/mol. The summed E-state index contributed by atoms with van der Waals surface area (Å²) in [6.07, 6.45) is 4.57. The predicted molar refractivity (Wildman–Crippen MR) is 131 cm³/mol. The summed E-state index contributed by atoms with van der Waals surface area (Å²) in [5.41, 5.74) is 2.70. The van der Waals surface area contributed by atoms with E-state index in [1.165, 1.54) is 24.0 Å². The van der Waals surface area contributed by atoms with E-state index >= 15 is 0 Å². The molecule has 1 amide bonds. The molecule has 0 bridgehead atoms. The third kappa shape index (κ3) is 5.13. The second-order valence-corrected chi connectivity index (χ2v) is 10.9. The van der Waals surface area contributed by atoms with Crippen molar-refractivity contribution in [2.24, 2.45) is 0 Å². The van der Waals surface area contributed by atoms with Gasteiger partial charge in [0.2, 0.25) is 15.9 Å². The summed E-state index contributed by atoms with van der Waals surface area (Å²) >= 11 is 0. The van der Waals surface area contributed by atoms with Crippen LogP contribution in [-0.4, -0.2) is 83.2 Å². The van der Waals surface area contributed by atoms with Crippen molar-refractivity contribution in [3.63, 3.8) is 0 Å². The van der Waals surface area contributed by atoms with Crippen molar-refractivity contribution < 1.29 is 13.2 Å². The van der Waals surface area contributed by atoms with Crippen LogP contribution in [-0.2, 0) is 34.3 Å². The first-order valence-electron chi connectivity index (χ1n) is 11.6. The molecule has 0 atom stereocenters. The van der Waals surface area contributed by atoms with Gasteiger partial charge in [-0.3, -0.25) is 14.7 Å². The molecule has 0 N–H and O–H groups in total. The van der Waals surface area contributed by atoms with E-state index in [4.69, 9.17) is 0 Å². The molecular formula is C24H32N6O3S. The number of sulfonamides is 1. The second kappa shape index (κ2) is 10.2. The smallest absolute Gasteiger partial charge is 0.242 e. The van der Waals surface area contributed by atoms with Crippen LogP contribution in [0.3, 0.4) is 0 Å². The molecule has 9 nitrogen and oxygen atoms in total. The third-order valence-corrected chi connectivity index (χ3v) is 8.12. The fourth-order valence-electron chi connectivity index (χ4n) is 4.36. The SMILES string of the molecule is CCn1c(CCC(=O)N2CCN(Cc3cccnc3)CC2)nc2cc(S(=O)(=O)N(C)C)ccc21. The molecule has 4 rings (SSSR count). The van der Waals surface area contributed by atoms with Crippen molar-refractivity contribution in [3.05, 3.63) is 54.1 Å². The van der Waals surface area contributed by atoms with E-state index in [9.17, 15) is 13.2 Å². The Balaban J connectivity index is 1.38. The molecule has 1 aliphatic heterocycles. The van der Waals surface area contributed by atoms with E-state index in [1.807, 2.05) is 24.1 Å². The number of piperazine rings is 1. The van der Waals surface area contributed by atoms with Crippen LogP contribution in [0.15, 0.2) is 47.6 Å². The Morgan fingerprint density at radius 1 is 1.12 bits per heavy atom. The lowest BCUT2D eigenvalue weighted by Gasteiger charge is -2.34. The maximum Gasteiger partial charge on any atom is 0.242 e. The summed E-state index contributed by atoms with van der Waals surface area (Å²) in [5.74, 6) is 0.937. The second-order valence-electron chi connectivity index (χ2n) is 8.73. The number of nitrogens with zero attached hydrogens (tertiary/aromatic N) is 6. The number of fused-ring (bicyclic) bond motifs is 1. The number of carbonyl (C=O) groups is 1. The van der Waals surface area contributed by atoms with Gasteiger partial charge >= 0.3 is 0 Å². The van der Waals surface area contributed by atoms with E-state index in [0.717, 1.165) is 44.1 Å². The van der Waals surface area contributed by atoms with Crippen molar-refractivity contribution in [2.75, 3.05) is 40.3 Å². The van der Waals surface area contributed by atoms with Crippen molar-refractivity contribution in [2.45, 2.75) is 37.8 Å². The molecular weight excluding hydrogens is 452 g/mol. The first-order valence-corrected chi connectivity index (χ1v) is 13.0. The average molecular weight is 485 g/mol. The molecule has 0 spiro atoms. The standard InChI is InChI=1S/C24H32N6O3S/c1-4-30-22-8-7-20(34(32,33)27(2)3)16-21(22)26-23(30)9-10-24(31)29-14-12-28(13-15-29)18-19-6-5-11-25-17-19/h5-8,11,16-17H,4,9-10,12-15,18H2,1-3H3. The van der Waals surface area contributed by atoms with Gasteiger partial charge in [-0.1, -0.05) is 6.07 Å². The predicted octanol–water partition coefficient (Wildman–Crippen LogP) is 1.98.